The van der Waals surface area contributed by atoms with Crippen LogP contribution in [0.25, 0.3) is 0 Å². The van der Waals surface area contributed by atoms with Gasteiger partial charge in [0.05, 0.1) is 7.11 Å². The number of ether oxygens (including phenoxy) is 1. The van der Waals surface area contributed by atoms with Crippen LogP contribution in [-0.2, 0) is 4.79 Å². The first kappa shape index (κ1) is 17.3. The van der Waals surface area contributed by atoms with Crippen LogP contribution in [0.2, 0.25) is 0 Å². The lowest BCUT2D eigenvalue weighted by Gasteiger charge is -2.07. The molecule has 1 aromatic rings. The number of phenolic OH excluding ortho intramolecular Hbond substituents is 1. The van der Waals surface area contributed by atoms with Gasteiger partial charge in [0.2, 0.25) is 0 Å². The third-order valence-electron chi connectivity index (χ3n) is 2.84. The number of phenols is 1. The number of aliphatic carboxylic acids is 1. The van der Waals surface area contributed by atoms with E-state index in [2.05, 4.69) is 9.98 Å². The Labute approximate surface area is 128 Å². The summed E-state index contributed by atoms with van der Waals surface area (Å²) in [6, 6.07) is 3.68. The lowest BCUT2D eigenvalue weighted by atomic mass is 10.1. The second kappa shape index (κ2) is 8.50. The Balaban J connectivity index is 2.74. The maximum absolute atomic E-state index is 11.2. The Hall–Kier alpha value is -2.77. The number of aromatic hydroxyl groups is 1. The second-order valence-corrected chi connectivity index (χ2v) is 4.51. The third kappa shape index (κ3) is 5.70. The molecule has 0 saturated carbocycles. The Morgan fingerprint density at radius 3 is 2.77 bits per heavy atom. The lowest BCUT2D eigenvalue weighted by molar-refractivity contribution is -0.138. The second-order valence-electron chi connectivity index (χ2n) is 4.51. The number of hydrogen-bond acceptors (Lipinski definition) is 5. The first-order valence-electron chi connectivity index (χ1n) is 6.62. The molecule has 0 fully saturated rings. The minimum absolute atomic E-state index is 0.00538. The summed E-state index contributed by atoms with van der Waals surface area (Å²) in [6.45, 7) is 0.339. The Kier molecular flexibility index (Phi) is 6.68. The number of carbonyl (C=O) groups is 1. The van der Waals surface area contributed by atoms with Crippen molar-refractivity contribution >= 4 is 18.1 Å². The van der Waals surface area contributed by atoms with E-state index in [9.17, 15) is 9.90 Å². The summed E-state index contributed by atoms with van der Waals surface area (Å²) in [5.41, 5.74) is 10.8. The van der Waals surface area contributed by atoms with Crippen LogP contribution >= 0.6 is 0 Å². The minimum Gasteiger partial charge on any atom is -0.507 e. The lowest BCUT2D eigenvalue weighted by Crippen LogP contribution is -2.23. The van der Waals surface area contributed by atoms with E-state index < -0.39 is 12.0 Å². The molecule has 1 rings (SSSR count). The zero-order chi connectivity index (χ0) is 16.5. The fraction of sp³-hybridized carbons (Fsp3) is 0.357. The van der Waals surface area contributed by atoms with Crippen molar-refractivity contribution in [3.8, 4) is 11.5 Å². The molecule has 0 aliphatic rings. The molecule has 0 aromatic heterocycles. The Bertz CT molecular complexity index is 568. The summed E-state index contributed by atoms with van der Waals surface area (Å²) in [7, 11) is 1.50. The molecular weight excluding hydrogens is 288 g/mol. The van der Waals surface area contributed by atoms with Crippen LogP contribution < -0.4 is 16.2 Å². The van der Waals surface area contributed by atoms with E-state index >= 15 is 0 Å². The van der Waals surface area contributed by atoms with E-state index in [4.69, 9.17) is 21.3 Å². The Morgan fingerprint density at radius 1 is 1.45 bits per heavy atom. The number of nitrogens with two attached hydrogens (primary N) is 2. The number of carboxylic acids is 1. The maximum Gasteiger partial charge on any atom is 0.328 e. The highest BCUT2D eigenvalue weighted by Crippen LogP contribution is 2.21. The fourth-order valence-corrected chi connectivity index (χ4v) is 1.69. The topological polar surface area (TPSA) is 144 Å². The highest BCUT2D eigenvalue weighted by atomic mass is 16.5. The first-order chi connectivity index (χ1) is 10.4. The molecule has 8 nitrogen and oxygen atoms in total. The molecule has 0 bridgehead atoms. The van der Waals surface area contributed by atoms with E-state index in [-0.39, 0.29) is 18.1 Å². The molecule has 6 N–H and O–H groups in total. The van der Waals surface area contributed by atoms with Gasteiger partial charge in [0.1, 0.15) is 17.5 Å². The number of guanidine groups is 1. The summed E-state index contributed by atoms with van der Waals surface area (Å²) in [5.74, 6) is -0.548. The van der Waals surface area contributed by atoms with Gasteiger partial charge in [-0.15, -0.1) is 0 Å². The van der Waals surface area contributed by atoms with E-state index in [1.807, 2.05) is 0 Å². The van der Waals surface area contributed by atoms with Crippen LogP contribution in [0.3, 0.4) is 0 Å². The van der Waals surface area contributed by atoms with Crippen LogP contribution in [0.1, 0.15) is 18.4 Å². The van der Waals surface area contributed by atoms with E-state index in [0.29, 0.717) is 24.3 Å². The van der Waals surface area contributed by atoms with Crippen molar-refractivity contribution in [2.75, 3.05) is 13.7 Å². The quantitative estimate of drug-likeness (QED) is 0.309. The predicted molar refractivity (Wildman–Crippen MR) is 83.6 cm³/mol. The molecular formula is C14H20N4O4. The first-order valence-corrected chi connectivity index (χ1v) is 6.62. The van der Waals surface area contributed by atoms with Gasteiger partial charge in [-0.1, -0.05) is 0 Å². The standard InChI is InChI=1S/C14H20N4O4/c1-22-10-4-5-12(19)9(7-10)8-18-11(13(20)21)3-2-6-17-14(15)16/h4-5,7-8,11,19H,2-3,6H2,1H3,(H,20,21)(H4,15,16,17)/t11-/m0/s1. The van der Waals surface area contributed by atoms with Crippen LogP contribution in [0.5, 0.6) is 11.5 Å². The normalized spacial score (nSPS) is 12.0. The molecule has 120 valence electrons. The van der Waals surface area contributed by atoms with Crippen LogP contribution in [0.4, 0.5) is 0 Å². The number of nitrogens with zero attached hydrogens (tertiary/aromatic N) is 2. The monoisotopic (exact) mass is 308 g/mol. The summed E-state index contributed by atoms with van der Waals surface area (Å²) in [6.07, 6.45) is 2.08. The largest absolute Gasteiger partial charge is 0.507 e. The number of hydrogen-bond donors (Lipinski definition) is 4. The van der Waals surface area contributed by atoms with Crippen molar-refractivity contribution in [2.24, 2.45) is 21.5 Å². The maximum atomic E-state index is 11.2. The zero-order valence-electron chi connectivity index (χ0n) is 12.3. The van der Waals surface area contributed by atoms with Gasteiger partial charge in [0.15, 0.2) is 5.96 Å². The molecule has 0 aliphatic carbocycles. The average molecular weight is 308 g/mol. The van der Waals surface area contributed by atoms with Crippen LogP contribution in [0, 0.1) is 0 Å². The smallest absolute Gasteiger partial charge is 0.328 e. The summed E-state index contributed by atoms with van der Waals surface area (Å²) >= 11 is 0. The molecule has 0 unspecified atom stereocenters. The van der Waals surface area contributed by atoms with Gasteiger partial charge in [0, 0.05) is 18.3 Å². The number of benzene rings is 1. The van der Waals surface area contributed by atoms with E-state index in [1.54, 1.807) is 12.1 Å². The van der Waals surface area contributed by atoms with Gasteiger partial charge in [0.25, 0.3) is 0 Å². The molecule has 1 aromatic carbocycles. The van der Waals surface area contributed by atoms with Gasteiger partial charge in [-0.05, 0) is 31.0 Å². The SMILES string of the molecule is COc1ccc(O)c(C=N[C@@H](CCCN=C(N)N)C(=O)O)c1. The molecule has 0 spiro atoms. The molecule has 0 heterocycles. The van der Waals surface area contributed by atoms with Crippen molar-refractivity contribution in [3.63, 3.8) is 0 Å². The van der Waals surface area contributed by atoms with Gasteiger partial charge < -0.3 is 26.4 Å². The molecule has 22 heavy (non-hydrogen) atoms. The molecule has 0 amide bonds. The molecule has 0 radical (unpaired) electrons. The summed E-state index contributed by atoms with van der Waals surface area (Å²) in [4.78, 5) is 18.9. The van der Waals surface area contributed by atoms with E-state index in [0.717, 1.165) is 0 Å². The van der Waals surface area contributed by atoms with Crippen molar-refractivity contribution in [2.45, 2.75) is 18.9 Å². The number of aliphatic imine (C=N–C) groups is 2. The van der Waals surface area contributed by atoms with Crippen molar-refractivity contribution in [1.29, 1.82) is 0 Å². The van der Waals surface area contributed by atoms with Gasteiger partial charge in [-0.2, -0.15) is 0 Å². The molecule has 0 saturated heterocycles. The predicted octanol–water partition coefficient (Wildman–Crippen LogP) is 0.327. The van der Waals surface area contributed by atoms with Crippen molar-refractivity contribution in [1.82, 2.24) is 0 Å². The van der Waals surface area contributed by atoms with Crippen LogP contribution in [0.15, 0.2) is 28.2 Å². The van der Waals surface area contributed by atoms with Gasteiger partial charge in [-0.25, -0.2) is 4.79 Å². The molecule has 1 atom stereocenters. The van der Waals surface area contributed by atoms with Crippen molar-refractivity contribution in [3.05, 3.63) is 23.8 Å². The highest BCUT2D eigenvalue weighted by molar-refractivity contribution is 5.86. The zero-order valence-corrected chi connectivity index (χ0v) is 12.3. The Morgan fingerprint density at radius 2 is 2.18 bits per heavy atom. The summed E-state index contributed by atoms with van der Waals surface area (Å²) < 4.78 is 5.04. The van der Waals surface area contributed by atoms with Crippen molar-refractivity contribution < 1.29 is 19.7 Å². The minimum atomic E-state index is -1.05. The van der Waals surface area contributed by atoms with Gasteiger partial charge >= 0.3 is 5.97 Å². The number of carboxylic acid groups (broad SMARTS) is 1. The highest BCUT2D eigenvalue weighted by Gasteiger charge is 2.15. The van der Waals surface area contributed by atoms with E-state index in [1.165, 1.54) is 19.4 Å². The van der Waals surface area contributed by atoms with Crippen LogP contribution in [-0.4, -0.2) is 48.1 Å². The number of rotatable bonds is 8. The number of methoxy groups -OCH3 is 1. The summed E-state index contributed by atoms with van der Waals surface area (Å²) in [5, 5.41) is 18.9. The fourth-order valence-electron chi connectivity index (χ4n) is 1.69. The molecule has 8 heteroatoms. The van der Waals surface area contributed by atoms with Gasteiger partial charge in [-0.3, -0.25) is 9.98 Å². The average Bonchev–Trinajstić information content (AvgIpc) is 2.47. The molecule has 0 aliphatic heterocycles. The third-order valence-corrected chi connectivity index (χ3v) is 2.84.